The molecule has 55 heavy (non-hydrogen) atoms. The molecule has 12 heteroatoms. The molecule has 0 saturated carbocycles. The van der Waals surface area contributed by atoms with Crippen LogP contribution < -0.4 is 24.4 Å². The third-order valence-electron chi connectivity index (χ3n) is 8.79. The van der Waals surface area contributed by atoms with Gasteiger partial charge in [0.15, 0.2) is 16.7 Å². The summed E-state index contributed by atoms with van der Waals surface area (Å²) in [6.45, 7) is 0. The summed E-state index contributed by atoms with van der Waals surface area (Å²) in [7, 11) is 4.54. The van der Waals surface area contributed by atoms with Crippen LogP contribution in [-0.2, 0) is 9.59 Å². The number of aromatic nitrogens is 1. The van der Waals surface area contributed by atoms with E-state index >= 15 is 0 Å². The van der Waals surface area contributed by atoms with Gasteiger partial charge in [0.25, 0.3) is 5.91 Å². The average molecular weight is 751 g/mol. The molecule has 0 saturated heterocycles. The highest BCUT2D eigenvalue weighted by Gasteiger charge is 2.36. The van der Waals surface area contributed by atoms with Crippen LogP contribution in [0.15, 0.2) is 138 Å². The number of rotatable bonds is 11. The van der Waals surface area contributed by atoms with Gasteiger partial charge in [-0.2, -0.15) is 0 Å². The number of benzene rings is 5. The SMILES string of the molecule is COc1cc(/C=C2/N=C(SC(C(=O)Nc3ccc(-c4cc(C(=O)O)c5ccccc5n4)cc3)c3ccccc3)N(c3ccccc3)C2=O)cc(OC)c1OC. The van der Waals surface area contributed by atoms with Gasteiger partial charge < -0.3 is 24.6 Å². The summed E-state index contributed by atoms with van der Waals surface area (Å²) in [6, 6.07) is 37.5. The van der Waals surface area contributed by atoms with Gasteiger partial charge in [0.05, 0.1) is 43.8 Å². The number of ether oxygens (including phenoxy) is 3. The number of aromatic carboxylic acids is 1. The van der Waals surface area contributed by atoms with E-state index in [2.05, 4.69) is 10.3 Å². The predicted molar refractivity (Wildman–Crippen MR) is 215 cm³/mol. The first kappa shape index (κ1) is 36.4. The summed E-state index contributed by atoms with van der Waals surface area (Å²) in [4.78, 5) is 51.3. The number of hydrogen-bond donors (Lipinski definition) is 2. The average Bonchev–Trinajstić information content (AvgIpc) is 3.52. The molecule has 6 aromatic rings. The maximum Gasteiger partial charge on any atom is 0.336 e. The Kier molecular flexibility index (Phi) is 10.6. The lowest BCUT2D eigenvalue weighted by molar-refractivity contribution is -0.116. The minimum absolute atomic E-state index is 0.150. The second-order valence-electron chi connectivity index (χ2n) is 12.2. The van der Waals surface area contributed by atoms with Crippen LogP contribution in [0.5, 0.6) is 17.2 Å². The molecule has 1 aromatic heterocycles. The van der Waals surface area contributed by atoms with Crippen molar-refractivity contribution in [2.75, 3.05) is 31.5 Å². The molecule has 1 unspecified atom stereocenters. The summed E-state index contributed by atoms with van der Waals surface area (Å²) in [5, 5.41) is 12.9. The second kappa shape index (κ2) is 16.0. The van der Waals surface area contributed by atoms with E-state index in [1.54, 1.807) is 78.9 Å². The van der Waals surface area contributed by atoms with Gasteiger partial charge in [-0.25, -0.2) is 14.8 Å². The largest absolute Gasteiger partial charge is 0.493 e. The number of nitrogens with one attached hydrogen (secondary N) is 1. The number of anilines is 2. The zero-order valence-corrected chi connectivity index (χ0v) is 30.7. The fourth-order valence-electron chi connectivity index (χ4n) is 6.16. The standard InChI is InChI=1S/C43H34N4O7S/c1-52-36-23-26(24-37(53-2)38(36)54-3)22-35-41(49)47(30-14-8-5-9-15-30)43(46-35)55-39(28-12-6-4-7-13-28)40(48)44-29-20-18-27(19-21-29)34-25-32(42(50)51)31-16-10-11-17-33(31)45-34/h4-25,39H,1-3H3,(H,44,48)(H,50,51)/b35-22+. The minimum Gasteiger partial charge on any atom is -0.493 e. The van der Waals surface area contributed by atoms with Gasteiger partial charge in [0.1, 0.15) is 10.9 Å². The van der Waals surface area contributed by atoms with E-state index < -0.39 is 11.2 Å². The molecule has 11 nitrogen and oxygen atoms in total. The highest BCUT2D eigenvalue weighted by molar-refractivity contribution is 8.15. The molecule has 1 atom stereocenters. The maximum atomic E-state index is 14.2. The third kappa shape index (κ3) is 7.62. The molecule has 0 spiro atoms. The highest BCUT2D eigenvalue weighted by Crippen LogP contribution is 2.41. The number of thioether (sulfide) groups is 1. The van der Waals surface area contributed by atoms with Gasteiger partial charge in [-0.05, 0) is 65.7 Å². The Bertz CT molecular complexity index is 2450. The van der Waals surface area contributed by atoms with Gasteiger partial charge in [0, 0.05) is 16.6 Å². The molecule has 0 radical (unpaired) electrons. The Morgan fingerprint density at radius 3 is 2.07 bits per heavy atom. The van der Waals surface area contributed by atoms with Crippen molar-refractivity contribution >= 4 is 63.1 Å². The van der Waals surface area contributed by atoms with Crippen molar-refractivity contribution in [2.24, 2.45) is 4.99 Å². The smallest absolute Gasteiger partial charge is 0.336 e. The van der Waals surface area contributed by atoms with E-state index in [-0.39, 0.29) is 23.1 Å². The lowest BCUT2D eigenvalue weighted by Crippen LogP contribution is -2.32. The first-order chi connectivity index (χ1) is 26.8. The summed E-state index contributed by atoms with van der Waals surface area (Å²) < 4.78 is 16.5. The lowest BCUT2D eigenvalue weighted by Gasteiger charge is -2.22. The van der Waals surface area contributed by atoms with Crippen LogP contribution in [0.3, 0.4) is 0 Å². The molecular weight excluding hydrogens is 717 g/mol. The Morgan fingerprint density at radius 2 is 1.44 bits per heavy atom. The Labute approximate surface area is 320 Å². The van der Waals surface area contributed by atoms with E-state index in [4.69, 9.17) is 19.2 Å². The van der Waals surface area contributed by atoms with Gasteiger partial charge >= 0.3 is 5.97 Å². The molecule has 2 heterocycles. The fraction of sp³-hybridized carbons (Fsp3) is 0.0930. The number of methoxy groups -OCH3 is 3. The van der Waals surface area contributed by atoms with Crippen molar-refractivity contribution in [3.63, 3.8) is 0 Å². The predicted octanol–water partition coefficient (Wildman–Crippen LogP) is 8.48. The number of amides is 2. The van der Waals surface area contributed by atoms with Crippen molar-refractivity contribution in [2.45, 2.75) is 5.25 Å². The molecular formula is C43H34N4O7S. The van der Waals surface area contributed by atoms with Crippen molar-refractivity contribution in [1.29, 1.82) is 0 Å². The molecule has 0 fully saturated rings. The number of nitrogens with zero attached hydrogens (tertiary/aromatic N) is 3. The zero-order valence-electron chi connectivity index (χ0n) is 29.9. The van der Waals surface area contributed by atoms with E-state index in [1.807, 2.05) is 54.6 Å². The number of pyridine rings is 1. The molecule has 2 amide bonds. The van der Waals surface area contributed by atoms with Gasteiger partial charge in [-0.1, -0.05) is 90.6 Å². The molecule has 1 aliphatic heterocycles. The number of aliphatic imine (C=N–C) groups is 1. The number of carbonyl (C=O) groups excluding carboxylic acids is 2. The van der Waals surface area contributed by atoms with Crippen LogP contribution in [0.4, 0.5) is 11.4 Å². The number of hydrogen-bond acceptors (Lipinski definition) is 9. The van der Waals surface area contributed by atoms with Crippen LogP contribution in [-0.4, -0.2) is 54.4 Å². The molecule has 5 aromatic carbocycles. The molecule has 0 bridgehead atoms. The molecule has 7 rings (SSSR count). The molecule has 2 N–H and O–H groups in total. The summed E-state index contributed by atoms with van der Waals surface area (Å²) in [5.74, 6) is -0.504. The van der Waals surface area contributed by atoms with Gasteiger partial charge in [-0.3, -0.25) is 14.5 Å². The topological polar surface area (TPSA) is 140 Å². The molecule has 0 aliphatic carbocycles. The maximum absolute atomic E-state index is 14.2. The van der Waals surface area contributed by atoms with E-state index in [0.717, 1.165) is 11.8 Å². The number of carboxylic acid groups (broad SMARTS) is 1. The quantitative estimate of drug-likeness (QED) is 0.125. The van der Waals surface area contributed by atoms with Crippen LogP contribution in [0.2, 0.25) is 0 Å². The van der Waals surface area contributed by atoms with Crippen LogP contribution in [0.25, 0.3) is 28.2 Å². The Balaban J connectivity index is 1.21. The highest BCUT2D eigenvalue weighted by atomic mass is 32.2. The summed E-state index contributed by atoms with van der Waals surface area (Å²) in [5.41, 5.74) is 4.45. The van der Waals surface area contributed by atoms with Gasteiger partial charge in [-0.15, -0.1) is 0 Å². The van der Waals surface area contributed by atoms with Gasteiger partial charge in [0.2, 0.25) is 11.7 Å². The normalized spacial score (nSPS) is 13.7. The summed E-state index contributed by atoms with van der Waals surface area (Å²) >= 11 is 1.15. The second-order valence-corrected chi connectivity index (χ2v) is 13.3. The fourth-order valence-corrected chi connectivity index (χ4v) is 7.28. The van der Waals surface area contributed by atoms with Crippen molar-refractivity contribution in [3.05, 3.63) is 150 Å². The third-order valence-corrected chi connectivity index (χ3v) is 10.00. The number of carbonyl (C=O) groups is 3. The summed E-state index contributed by atoms with van der Waals surface area (Å²) in [6.07, 6.45) is 1.64. The minimum atomic E-state index is -1.05. The van der Waals surface area contributed by atoms with Crippen molar-refractivity contribution < 1.29 is 33.7 Å². The van der Waals surface area contributed by atoms with E-state index in [1.165, 1.54) is 26.2 Å². The van der Waals surface area contributed by atoms with Crippen LogP contribution in [0, 0.1) is 0 Å². The lowest BCUT2D eigenvalue weighted by atomic mass is 10.0. The Morgan fingerprint density at radius 1 is 0.800 bits per heavy atom. The number of carboxylic acids is 1. The van der Waals surface area contributed by atoms with E-state index in [9.17, 15) is 19.5 Å². The van der Waals surface area contributed by atoms with Crippen LogP contribution in [0.1, 0.15) is 26.7 Å². The van der Waals surface area contributed by atoms with Crippen molar-refractivity contribution in [3.8, 4) is 28.5 Å². The molecule has 1 aliphatic rings. The molecule has 274 valence electrons. The number of fused-ring (bicyclic) bond motifs is 1. The van der Waals surface area contributed by atoms with E-state index in [0.29, 0.717) is 67.1 Å². The Hall–Kier alpha value is -6.92. The zero-order chi connectivity index (χ0) is 38.5. The number of para-hydroxylation sites is 2. The van der Waals surface area contributed by atoms with Crippen molar-refractivity contribution in [1.82, 2.24) is 4.98 Å². The monoisotopic (exact) mass is 750 g/mol. The number of amidine groups is 1. The first-order valence-corrected chi connectivity index (χ1v) is 17.9. The first-order valence-electron chi connectivity index (χ1n) is 17.0. The van der Waals surface area contributed by atoms with Crippen LogP contribution >= 0.6 is 11.8 Å².